The molecule has 2 unspecified atom stereocenters. The molecule has 2 amide bonds. The van der Waals surface area contributed by atoms with Crippen molar-refractivity contribution in [1.82, 2.24) is 10.2 Å². The molecule has 0 aromatic heterocycles. The first-order chi connectivity index (χ1) is 8.65. The van der Waals surface area contributed by atoms with Gasteiger partial charge < -0.3 is 5.32 Å². The number of carbonyl (C=O) groups excluding carboxylic acids is 2. The van der Waals surface area contributed by atoms with Crippen LogP contribution >= 0.6 is 0 Å². The van der Waals surface area contributed by atoms with Crippen LogP contribution < -0.4 is 5.32 Å². The van der Waals surface area contributed by atoms with Crippen LogP contribution in [0.5, 0.6) is 0 Å². The Balaban J connectivity index is 1.80. The highest BCUT2D eigenvalue weighted by molar-refractivity contribution is 6.05. The van der Waals surface area contributed by atoms with Crippen molar-refractivity contribution in [2.75, 3.05) is 19.6 Å². The average molecular weight is 252 g/mol. The van der Waals surface area contributed by atoms with Gasteiger partial charge in [-0.25, -0.2) is 0 Å². The number of nitrogens with one attached hydrogen (secondary N) is 1. The van der Waals surface area contributed by atoms with Gasteiger partial charge in [0.05, 0.1) is 11.8 Å². The summed E-state index contributed by atoms with van der Waals surface area (Å²) in [4.78, 5) is 25.8. The van der Waals surface area contributed by atoms with Crippen LogP contribution in [0.1, 0.15) is 39.5 Å². The van der Waals surface area contributed by atoms with Gasteiger partial charge in [0.25, 0.3) is 0 Å². The van der Waals surface area contributed by atoms with Crippen molar-refractivity contribution in [3.05, 3.63) is 0 Å². The lowest BCUT2D eigenvalue weighted by molar-refractivity contribution is -0.140. The molecule has 1 N–H and O–H groups in total. The summed E-state index contributed by atoms with van der Waals surface area (Å²) in [7, 11) is 0. The number of imide groups is 1. The Hall–Kier alpha value is -0.900. The van der Waals surface area contributed by atoms with Crippen LogP contribution in [-0.4, -0.2) is 36.3 Å². The molecule has 1 saturated heterocycles. The fraction of sp³-hybridized carbons (Fsp3) is 0.857. The van der Waals surface area contributed by atoms with Gasteiger partial charge in [0.15, 0.2) is 0 Å². The Morgan fingerprint density at radius 1 is 1.17 bits per heavy atom. The predicted octanol–water partition coefficient (Wildman–Crippen LogP) is 1.41. The molecule has 18 heavy (non-hydrogen) atoms. The number of rotatable bonds is 6. The zero-order chi connectivity index (χ0) is 13.1. The molecule has 102 valence electrons. The Morgan fingerprint density at radius 2 is 1.78 bits per heavy atom. The summed E-state index contributed by atoms with van der Waals surface area (Å²) in [5.74, 6) is 0.697. The summed E-state index contributed by atoms with van der Waals surface area (Å²) in [6.45, 7) is 6.75. The third kappa shape index (κ3) is 2.58. The summed E-state index contributed by atoms with van der Waals surface area (Å²) < 4.78 is 0. The molecule has 1 saturated carbocycles. The first kappa shape index (κ1) is 13.5. The van der Waals surface area contributed by atoms with Crippen LogP contribution in [0.3, 0.4) is 0 Å². The van der Waals surface area contributed by atoms with E-state index in [2.05, 4.69) is 19.2 Å². The summed E-state index contributed by atoms with van der Waals surface area (Å²) in [6.07, 6.45) is 3.79. The first-order valence-corrected chi connectivity index (χ1v) is 7.21. The van der Waals surface area contributed by atoms with E-state index in [-0.39, 0.29) is 23.7 Å². The molecule has 1 aliphatic heterocycles. The number of nitrogens with zero attached hydrogens (tertiary/aromatic N) is 1. The largest absolute Gasteiger partial charge is 0.317 e. The molecule has 0 bridgehead atoms. The quantitative estimate of drug-likeness (QED) is 0.574. The average Bonchev–Trinajstić information content (AvgIpc) is 2.82. The van der Waals surface area contributed by atoms with Crippen molar-refractivity contribution in [1.29, 1.82) is 0 Å². The number of fused-ring (bicyclic) bond motifs is 1. The van der Waals surface area contributed by atoms with Crippen LogP contribution in [0.2, 0.25) is 0 Å². The third-order valence-corrected chi connectivity index (χ3v) is 4.13. The standard InChI is InChI=1S/C14H24N2O2/c1-3-5-15-6-4-7-16-13(17)11-8-10(2)9-12(11)14(16)18/h10-12,15H,3-9H2,1-2H3. The van der Waals surface area contributed by atoms with E-state index in [1.807, 2.05) is 0 Å². The fourth-order valence-corrected chi connectivity index (χ4v) is 3.23. The van der Waals surface area contributed by atoms with E-state index in [9.17, 15) is 9.59 Å². The SMILES string of the molecule is CCCNCCCN1C(=O)C2CC(C)CC2C1=O. The molecule has 2 aliphatic rings. The number of carbonyl (C=O) groups is 2. The number of hydrogen-bond donors (Lipinski definition) is 1. The zero-order valence-electron chi connectivity index (χ0n) is 11.4. The summed E-state index contributed by atoms with van der Waals surface area (Å²) in [5.41, 5.74) is 0. The lowest BCUT2D eigenvalue weighted by Crippen LogP contribution is -2.34. The van der Waals surface area contributed by atoms with Crippen molar-refractivity contribution < 1.29 is 9.59 Å². The Kier molecular flexibility index (Phi) is 4.38. The van der Waals surface area contributed by atoms with Gasteiger partial charge in [0, 0.05) is 6.54 Å². The minimum absolute atomic E-state index is 0.00361. The van der Waals surface area contributed by atoms with Gasteiger partial charge in [-0.2, -0.15) is 0 Å². The van der Waals surface area contributed by atoms with Gasteiger partial charge in [-0.05, 0) is 44.7 Å². The lowest BCUT2D eigenvalue weighted by atomic mass is 10.00. The number of likely N-dealkylation sites (tertiary alicyclic amines) is 1. The lowest BCUT2D eigenvalue weighted by Gasteiger charge is -2.16. The van der Waals surface area contributed by atoms with E-state index >= 15 is 0 Å². The van der Waals surface area contributed by atoms with Crippen molar-refractivity contribution in [3.63, 3.8) is 0 Å². The highest BCUT2D eigenvalue weighted by atomic mass is 16.2. The number of hydrogen-bond acceptors (Lipinski definition) is 3. The van der Waals surface area contributed by atoms with Crippen LogP contribution in [0.25, 0.3) is 0 Å². The van der Waals surface area contributed by atoms with Gasteiger partial charge in [-0.15, -0.1) is 0 Å². The molecule has 0 aromatic rings. The van der Waals surface area contributed by atoms with Crippen molar-refractivity contribution in [2.24, 2.45) is 17.8 Å². The van der Waals surface area contributed by atoms with Gasteiger partial charge in [-0.1, -0.05) is 13.8 Å². The summed E-state index contributed by atoms with van der Waals surface area (Å²) in [6, 6.07) is 0. The molecule has 4 nitrogen and oxygen atoms in total. The maximum absolute atomic E-state index is 12.1. The Morgan fingerprint density at radius 3 is 2.33 bits per heavy atom. The highest BCUT2D eigenvalue weighted by Crippen LogP contribution is 2.42. The van der Waals surface area contributed by atoms with E-state index in [1.54, 1.807) is 0 Å². The summed E-state index contributed by atoms with van der Waals surface area (Å²) >= 11 is 0. The molecule has 2 atom stereocenters. The highest BCUT2D eigenvalue weighted by Gasteiger charge is 2.51. The zero-order valence-corrected chi connectivity index (χ0v) is 11.4. The fourth-order valence-electron chi connectivity index (χ4n) is 3.23. The van der Waals surface area contributed by atoms with E-state index in [0.29, 0.717) is 12.5 Å². The molecule has 1 aliphatic carbocycles. The smallest absolute Gasteiger partial charge is 0.233 e. The molecular weight excluding hydrogens is 228 g/mol. The van der Waals surface area contributed by atoms with Gasteiger partial charge in [-0.3, -0.25) is 14.5 Å². The second-order valence-electron chi connectivity index (χ2n) is 5.72. The molecule has 1 heterocycles. The van der Waals surface area contributed by atoms with Crippen LogP contribution in [-0.2, 0) is 9.59 Å². The molecule has 4 heteroatoms. The van der Waals surface area contributed by atoms with Crippen LogP contribution in [0.15, 0.2) is 0 Å². The monoisotopic (exact) mass is 252 g/mol. The van der Waals surface area contributed by atoms with Gasteiger partial charge in [0.1, 0.15) is 0 Å². The predicted molar refractivity (Wildman–Crippen MR) is 69.9 cm³/mol. The molecule has 0 aromatic carbocycles. The third-order valence-electron chi connectivity index (χ3n) is 4.13. The maximum atomic E-state index is 12.1. The summed E-state index contributed by atoms with van der Waals surface area (Å²) in [5, 5.41) is 3.30. The minimum Gasteiger partial charge on any atom is -0.317 e. The van der Waals surface area contributed by atoms with Gasteiger partial charge in [0.2, 0.25) is 11.8 Å². The topological polar surface area (TPSA) is 49.4 Å². The Labute approximate surface area is 109 Å². The van der Waals surface area contributed by atoms with E-state index in [1.165, 1.54) is 4.90 Å². The minimum atomic E-state index is -0.00361. The van der Waals surface area contributed by atoms with E-state index in [4.69, 9.17) is 0 Å². The number of amides is 2. The first-order valence-electron chi connectivity index (χ1n) is 7.21. The van der Waals surface area contributed by atoms with E-state index < -0.39 is 0 Å². The van der Waals surface area contributed by atoms with Crippen molar-refractivity contribution >= 4 is 11.8 Å². The molecule has 2 fully saturated rings. The van der Waals surface area contributed by atoms with E-state index in [0.717, 1.165) is 38.8 Å². The maximum Gasteiger partial charge on any atom is 0.233 e. The molecular formula is C14H24N2O2. The van der Waals surface area contributed by atoms with Crippen molar-refractivity contribution in [2.45, 2.75) is 39.5 Å². The Bertz CT molecular complexity index is 306. The normalized spacial score (nSPS) is 31.2. The molecule has 0 spiro atoms. The second kappa shape index (κ2) is 5.83. The van der Waals surface area contributed by atoms with Gasteiger partial charge >= 0.3 is 0 Å². The van der Waals surface area contributed by atoms with Crippen LogP contribution in [0, 0.1) is 17.8 Å². The molecule has 2 rings (SSSR count). The second-order valence-corrected chi connectivity index (χ2v) is 5.72. The van der Waals surface area contributed by atoms with Crippen LogP contribution in [0.4, 0.5) is 0 Å². The molecule has 0 radical (unpaired) electrons. The van der Waals surface area contributed by atoms with Crippen molar-refractivity contribution in [3.8, 4) is 0 Å².